The van der Waals surface area contributed by atoms with E-state index >= 15 is 0 Å². The van der Waals surface area contributed by atoms with E-state index in [0.29, 0.717) is 11.6 Å². The average molecular weight is 395 g/mol. The molecular formula is C22H23ClN4O. The van der Waals surface area contributed by atoms with Crippen molar-refractivity contribution in [1.29, 1.82) is 0 Å². The van der Waals surface area contributed by atoms with Gasteiger partial charge in [0.25, 0.3) is 5.56 Å². The van der Waals surface area contributed by atoms with Crippen LogP contribution in [0.2, 0.25) is 5.02 Å². The molecule has 0 spiro atoms. The molecule has 1 saturated heterocycles. The maximum absolute atomic E-state index is 12.2. The van der Waals surface area contributed by atoms with E-state index < -0.39 is 0 Å². The molecule has 0 radical (unpaired) electrons. The molecule has 0 N–H and O–H groups in total. The Labute approximate surface area is 169 Å². The molecule has 144 valence electrons. The fourth-order valence-electron chi connectivity index (χ4n) is 3.49. The molecule has 1 aliphatic rings. The lowest BCUT2D eigenvalue weighted by Gasteiger charge is -2.36. The molecule has 0 bridgehead atoms. The molecule has 2 aromatic carbocycles. The summed E-state index contributed by atoms with van der Waals surface area (Å²) in [6.07, 6.45) is 0. The first-order valence-electron chi connectivity index (χ1n) is 9.55. The second-order valence-electron chi connectivity index (χ2n) is 6.95. The zero-order valence-corrected chi connectivity index (χ0v) is 16.4. The molecule has 5 nitrogen and oxygen atoms in total. The third kappa shape index (κ3) is 4.43. The van der Waals surface area contributed by atoms with Crippen molar-refractivity contribution in [3.8, 4) is 11.3 Å². The van der Waals surface area contributed by atoms with Crippen molar-refractivity contribution in [2.75, 3.05) is 37.6 Å². The topological polar surface area (TPSA) is 41.4 Å². The lowest BCUT2D eigenvalue weighted by Crippen LogP contribution is -2.47. The molecule has 0 amide bonds. The van der Waals surface area contributed by atoms with Gasteiger partial charge in [-0.15, -0.1) is 0 Å². The standard InChI is InChI=1S/C22H23ClN4O/c23-19-8-6-18(7-9-19)21-10-11-22(28)27(24-21)17-14-25-12-15-26(16-13-25)20-4-2-1-3-5-20/h1-11H,12-17H2. The quantitative estimate of drug-likeness (QED) is 0.665. The van der Waals surface area contributed by atoms with Crippen LogP contribution in [0.25, 0.3) is 11.3 Å². The van der Waals surface area contributed by atoms with E-state index in [1.807, 2.05) is 30.3 Å². The molecule has 0 atom stereocenters. The minimum atomic E-state index is -0.0689. The van der Waals surface area contributed by atoms with Crippen LogP contribution in [-0.2, 0) is 6.54 Å². The summed E-state index contributed by atoms with van der Waals surface area (Å²) in [6, 6.07) is 21.4. The van der Waals surface area contributed by atoms with Crippen LogP contribution in [0.3, 0.4) is 0 Å². The highest BCUT2D eigenvalue weighted by molar-refractivity contribution is 6.30. The Morgan fingerprint density at radius 3 is 2.25 bits per heavy atom. The van der Waals surface area contributed by atoms with Gasteiger partial charge in [0.2, 0.25) is 0 Å². The van der Waals surface area contributed by atoms with Crippen LogP contribution in [0.5, 0.6) is 0 Å². The zero-order valence-electron chi connectivity index (χ0n) is 15.7. The molecule has 0 unspecified atom stereocenters. The second-order valence-corrected chi connectivity index (χ2v) is 7.39. The van der Waals surface area contributed by atoms with E-state index in [-0.39, 0.29) is 5.56 Å². The minimum absolute atomic E-state index is 0.0689. The predicted molar refractivity (Wildman–Crippen MR) is 114 cm³/mol. The Morgan fingerprint density at radius 1 is 0.821 bits per heavy atom. The van der Waals surface area contributed by atoms with E-state index in [2.05, 4.69) is 39.2 Å². The maximum atomic E-state index is 12.2. The van der Waals surface area contributed by atoms with Crippen LogP contribution < -0.4 is 10.5 Å². The van der Waals surface area contributed by atoms with Gasteiger partial charge in [-0.05, 0) is 30.3 Å². The predicted octanol–water partition coefficient (Wildman–Crippen LogP) is 3.39. The highest BCUT2D eigenvalue weighted by Crippen LogP contribution is 2.18. The fourth-order valence-corrected chi connectivity index (χ4v) is 3.61. The van der Waals surface area contributed by atoms with Crippen molar-refractivity contribution in [1.82, 2.24) is 14.7 Å². The Balaban J connectivity index is 1.37. The summed E-state index contributed by atoms with van der Waals surface area (Å²) in [7, 11) is 0. The molecule has 0 aliphatic carbocycles. The summed E-state index contributed by atoms with van der Waals surface area (Å²) in [5, 5.41) is 5.23. The van der Waals surface area contributed by atoms with Gasteiger partial charge in [0, 0.05) is 55.1 Å². The first-order chi connectivity index (χ1) is 13.7. The van der Waals surface area contributed by atoms with Gasteiger partial charge in [0.15, 0.2) is 0 Å². The number of nitrogens with zero attached hydrogens (tertiary/aromatic N) is 4. The number of anilines is 1. The van der Waals surface area contributed by atoms with Crippen LogP contribution in [-0.4, -0.2) is 47.4 Å². The monoisotopic (exact) mass is 394 g/mol. The molecule has 4 rings (SSSR count). The van der Waals surface area contributed by atoms with Gasteiger partial charge in [-0.2, -0.15) is 5.10 Å². The summed E-state index contributed by atoms with van der Waals surface area (Å²) in [6.45, 7) is 5.38. The lowest BCUT2D eigenvalue weighted by molar-refractivity contribution is 0.243. The third-order valence-corrected chi connectivity index (χ3v) is 5.38. The first-order valence-corrected chi connectivity index (χ1v) is 9.93. The largest absolute Gasteiger partial charge is 0.369 e. The molecule has 2 heterocycles. The molecule has 1 fully saturated rings. The average Bonchev–Trinajstić information content (AvgIpc) is 2.75. The molecule has 28 heavy (non-hydrogen) atoms. The van der Waals surface area contributed by atoms with E-state index in [1.54, 1.807) is 16.8 Å². The SMILES string of the molecule is O=c1ccc(-c2ccc(Cl)cc2)nn1CCN1CCN(c2ccccc2)CC1. The van der Waals surface area contributed by atoms with E-state index in [0.717, 1.165) is 44.0 Å². The summed E-state index contributed by atoms with van der Waals surface area (Å²) >= 11 is 5.96. The van der Waals surface area contributed by atoms with Crippen LogP contribution in [0, 0.1) is 0 Å². The Morgan fingerprint density at radius 2 is 1.54 bits per heavy atom. The summed E-state index contributed by atoms with van der Waals surface area (Å²) < 4.78 is 1.56. The number of benzene rings is 2. The number of hydrogen-bond acceptors (Lipinski definition) is 4. The van der Waals surface area contributed by atoms with Gasteiger partial charge in [-0.1, -0.05) is 41.9 Å². The Bertz CT molecular complexity index is 964. The lowest BCUT2D eigenvalue weighted by atomic mass is 10.1. The van der Waals surface area contributed by atoms with Gasteiger partial charge in [-0.25, -0.2) is 4.68 Å². The van der Waals surface area contributed by atoms with Crippen molar-refractivity contribution >= 4 is 17.3 Å². The van der Waals surface area contributed by atoms with Crippen LogP contribution in [0.15, 0.2) is 71.5 Å². The van der Waals surface area contributed by atoms with Gasteiger partial charge < -0.3 is 4.90 Å². The number of halogens is 1. The molecule has 1 aliphatic heterocycles. The Kier molecular flexibility index (Phi) is 5.74. The van der Waals surface area contributed by atoms with Gasteiger partial charge in [0.05, 0.1) is 12.2 Å². The summed E-state index contributed by atoms with van der Waals surface area (Å²) in [5.74, 6) is 0. The molecule has 6 heteroatoms. The minimum Gasteiger partial charge on any atom is -0.369 e. The zero-order chi connectivity index (χ0) is 19.3. The summed E-state index contributed by atoms with van der Waals surface area (Å²) in [5.41, 5.74) is 2.94. The number of hydrogen-bond donors (Lipinski definition) is 0. The number of para-hydroxylation sites is 1. The molecule has 1 aromatic heterocycles. The molecule has 0 saturated carbocycles. The highest BCUT2D eigenvalue weighted by Gasteiger charge is 2.17. The fraction of sp³-hybridized carbons (Fsp3) is 0.273. The number of piperazine rings is 1. The van der Waals surface area contributed by atoms with Crippen molar-refractivity contribution < 1.29 is 0 Å². The summed E-state index contributed by atoms with van der Waals surface area (Å²) in [4.78, 5) is 17.0. The maximum Gasteiger partial charge on any atom is 0.266 e. The van der Waals surface area contributed by atoms with Gasteiger partial charge in [0.1, 0.15) is 0 Å². The van der Waals surface area contributed by atoms with Gasteiger partial charge >= 0.3 is 0 Å². The van der Waals surface area contributed by atoms with Crippen molar-refractivity contribution in [2.45, 2.75) is 6.54 Å². The normalized spacial score (nSPS) is 15.0. The van der Waals surface area contributed by atoms with Crippen molar-refractivity contribution in [3.05, 3.63) is 82.1 Å². The van der Waals surface area contributed by atoms with Crippen molar-refractivity contribution in [2.24, 2.45) is 0 Å². The number of aromatic nitrogens is 2. The van der Waals surface area contributed by atoms with Crippen LogP contribution >= 0.6 is 11.6 Å². The first kappa shape index (κ1) is 18.7. The van der Waals surface area contributed by atoms with Crippen LogP contribution in [0.4, 0.5) is 5.69 Å². The third-order valence-electron chi connectivity index (χ3n) is 5.13. The van der Waals surface area contributed by atoms with Crippen LogP contribution in [0.1, 0.15) is 0 Å². The number of rotatable bonds is 5. The smallest absolute Gasteiger partial charge is 0.266 e. The van der Waals surface area contributed by atoms with Crippen molar-refractivity contribution in [3.63, 3.8) is 0 Å². The second kappa shape index (κ2) is 8.59. The van der Waals surface area contributed by atoms with Gasteiger partial charge in [-0.3, -0.25) is 9.69 Å². The Hall–Kier alpha value is -2.63. The van der Waals surface area contributed by atoms with E-state index in [4.69, 9.17) is 11.6 Å². The van der Waals surface area contributed by atoms with E-state index in [9.17, 15) is 4.79 Å². The highest BCUT2D eigenvalue weighted by atomic mass is 35.5. The van der Waals surface area contributed by atoms with E-state index in [1.165, 1.54) is 5.69 Å². The molecule has 3 aromatic rings. The molecular weight excluding hydrogens is 372 g/mol.